The molecule has 5 heteroatoms. The van der Waals surface area contributed by atoms with Crippen molar-refractivity contribution in [2.45, 2.75) is 32.4 Å². The van der Waals surface area contributed by atoms with Crippen molar-refractivity contribution in [1.82, 2.24) is 15.2 Å². The van der Waals surface area contributed by atoms with E-state index in [0.717, 1.165) is 55.2 Å². The van der Waals surface area contributed by atoms with Crippen LogP contribution in [0, 0.1) is 6.92 Å². The van der Waals surface area contributed by atoms with Crippen LogP contribution in [-0.2, 0) is 6.54 Å². The van der Waals surface area contributed by atoms with Crippen LogP contribution in [-0.4, -0.2) is 42.0 Å². The fourth-order valence-corrected chi connectivity index (χ4v) is 4.14. The molecule has 1 N–H and O–H groups in total. The van der Waals surface area contributed by atoms with Gasteiger partial charge in [0.1, 0.15) is 5.75 Å². The number of amides is 1. The SMILES string of the molecule is COc1ccccc1CN1CCC(NC(=O)c2ccc(-c3ccccc3)nc2C)CC1. The zero-order chi connectivity index (χ0) is 21.6. The van der Waals surface area contributed by atoms with Crippen LogP contribution in [0.4, 0.5) is 0 Å². The standard InChI is InChI=1S/C26H29N3O2/c1-19-23(12-13-24(27-19)20-8-4-3-5-9-20)26(30)28-22-14-16-29(17-15-22)18-21-10-6-7-11-25(21)31-2/h3-13,22H,14-18H2,1-2H3,(H,28,30). The van der Waals surface area contributed by atoms with Crippen LogP contribution in [0.2, 0.25) is 0 Å². The summed E-state index contributed by atoms with van der Waals surface area (Å²) < 4.78 is 5.47. The van der Waals surface area contributed by atoms with Crippen molar-refractivity contribution in [3.63, 3.8) is 0 Å². The number of rotatable bonds is 6. The number of aromatic nitrogens is 1. The van der Waals surface area contributed by atoms with E-state index in [2.05, 4.69) is 21.3 Å². The third-order valence-electron chi connectivity index (χ3n) is 5.91. The first-order chi connectivity index (χ1) is 15.1. The van der Waals surface area contributed by atoms with Crippen molar-refractivity contribution < 1.29 is 9.53 Å². The van der Waals surface area contributed by atoms with Gasteiger partial charge < -0.3 is 10.1 Å². The molecule has 5 nitrogen and oxygen atoms in total. The van der Waals surface area contributed by atoms with Gasteiger partial charge in [0.05, 0.1) is 24.1 Å². The first-order valence-electron chi connectivity index (χ1n) is 10.8. The molecule has 3 aromatic rings. The number of benzene rings is 2. The smallest absolute Gasteiger partial charge is 0.253 e. The molecule has 31 heavy (non-hydrogen) atoms. The molecule has 0 unspecified atom stereocenters. The second kappa shape index (κ2) is 9.75. The van der Waals surface area contributed by atoms with Crippen molar-refractivity contribution >= 4 is 5.91 Å². The van der Waals surface area contributed by atoms with Gasteiger partial charge in [-0.2, -0.15) is 0 Å². The lowest BCUT2D eigenvalue weighted by Gasteiger charge is -2.32. The molecule has 1 aromatic heterocycles. The van der Waals surface area contributed by atoms with E-state index in [-0.39, 0.29) is 11.9 Å². The second-order valence-electron chi connectivity index (χ2n) is 8.03. The van der Waals surface area contributed by atoms with Gasteiger partial charge in [-0.3, -0.25) is 14.7 Å². The maximum atomic E-state index is 12.9. The molecular formula is C26H29N3O2. The van der Waals surface area contributed by atoms with Gasteiger partial charge >= 0.3 is 0 Å². The Balaban J connectivity index is 1.33. The number of nitrogens with one attached hydrogen (secondary N) is 1. The fraction of sp³-hybridized carbons (Fsp3) is 0.308. The number of piperidine rings is 1. The molecule has 2 heterocycles. The van der Waals surface area contributed by atoms with Gasteiger partial charge in [-0.15, -0.1) is 0 Å². The van der Waals surface area contributed by atoms with Crippen molar-refractivity contribution in [1.29, 1.82) is 0 Å². The number of hydrogen-bond donors (Lipinski definition) is 1. The Morgan fingerprint density at radius 2 is 1.74 bits per heavy atom. The highest BCUT2D eigenvalue weighted by molar-refractivity contribution is 5.95. The van der Waals surface area contributed by atoms with E-state index < -0.39 is 0 Å². The molecule has 0 atom stereocenters. The first-order valence-corrected chi connectivity index (χ1v) is 10.8. The minimum absolute atomic E-state index is 0.0345. The maximum absolute atomic E-state index is 12.9. The van der Waals surface area contributed by atoms with Crippen LogP contribution >= 0.6 is 0 Å². The van der Waals surface area contributed by atoms with Crippen molar-refractivity contribution in [3.05, 3.63) is 83.6 Å². The highest BCUT2D eigenvalue weighted by atomic mass is 16.5. The largest absolute Gasteiger partial charge is 0.496 e. The Morgan fingerprint density at radius 1 is 1.03 bits per heavy atom. The van der Waals surface area contributed by atoms with Gasteiger partial charge in [-0.1, -0.05) is 48.5 Å². The fourth-order valence-electron chi connectivity index (χ4n) is 4.14. The van der Waals surface area contributed by atoms with E-state index in [1.54, 1.807) is 7.11 Å². The lowest BCUT2D eigenvalue weighted by Crippen LogP contribution is -2.44. The predicted molar refractivity (Wildman–Crippen MR) is 123 cm³/mol. The average Bonchev–Trinajstić information content (AvgIpc) is 2.81. The van der Waals surface area contributed by atoms with Crippen LogP contribution in [0.5, 0.6) is 5.75 Å². The zero-order valence-electron chi connectivity index (χ0n) is 18.2. The lowest BCUT2D eigenvalue weighted by atomic mass is 10.0. The average molecular weight is 416 g/mol. The molecule has 1 amide bonds. The minimum atomic E-state index is -0.0345. The summed E-state index contributed by atoms with van der Waals surface area (Å²) in [5.41, 5.74) is 4.55. The van der Waals surface area contributed by atoms with E-state index in [1.165, 1.54) is 5.56 Å². The minimum Gasteiger partial charge on any atom is -0.496 e. The molecule has 1 fully saturated rings. The monoisotopic (exact) mass is 415 g/mol. The van der Waals surface area contributed by atoms with E-state index >= 15 is 0 Å². The Kier molecular flexibility index (Phi) is 6.63. The summed E-state index contributed by atoms with van der Waals surface area (Å²) in [6.07, 6.45) is 1.88. The van der Waals surface area contributed by atoms with Crippen LogP contribution in [0.1, 0.15) is 34.5 Å². The molecule has 160 valence electrons. The Bertz CT molecular complexity index is 1030. The molecule has 0 saturated carbocycles. The number of para-hydroxylation sites is 1. The van der Waals surface area contributed by atoms with Crippen molar-refractivity contribution in [2.24, 2.45) is 0 Å². The summed E-state index contributed by atoms with van der Waals surface area (Å²) >= 11 is 0. The van der Waals surface area contributed by atoms with Crippen LogP contribution in [0.3, 0.4) is 0 Å². The third-order valence-corrected chi connectivity index (χ3v) is 5.91. The van der Waals surface area contributed by atoms with Crippen LogP contribution in [0.25, 0.3) is 11.3 Å². The normalized spacial score (nSPS) is 14.9. The molecule has 0 radical (unpaired) electrons. The molecular weight excluding hydrogens is 386 g/mol. The second-order valence-corrected chi connectivity index (χ2v) is 8.03. The Hall–Kier alpha value is -3.18. The van der Waals surface area contributed by atoms with Gasteiger partial charge in [0, 0.05) is 36.8 Å². The summed E-state index contributed by atoms with van der Waals surface area (Å²) in [7, 11) is 1.71. The summed E-state index contributed by atoms with van der Waals surface area (Å²) in [6, 6.07) is 22.2. The number of methoxy groups -OCH3 is 1. The highest BCUT2D eigenvalue weighted by Gasteiger charge is 2.22. The summed E-state index contributed by atoms with van der Waals surface area (Å²) in [5.74, 6) is 0.896. The number of carbonyl (C=O) groups excluding carboxylic acids is 1. The van der Waals surface area contributed by atoms with Gasteiger partial charge in [-0.05, 0) is 38.0 Å². The Labute approximate surface area is 184 Å². The van der Waals surface area contributed by atoms with E-state index in [0.29, 0.717) is 5.56 Å². The van der Waals surface area contributed by atoms with Gasteiger partial charge in [0.25, 0.3) is 5.91 Å². The molecule has 0 spiro atoms. The van der Waals surface area contributed by atoms with E-state index in [1.807, 2.05) is 67.6 Å². The Morgan fingerprint density at radius 3 is 2.45 bits per heavy atom. The number of nitrogens with zero attached hydrogens (tertiary/aromatic N) is 2. The molecule has 2 aromatic carbocycles. The van der Waals surface area contributed by atoms with Gasteiger partial charge in [0.15, 0.2) is 0 Å². The van der Waals surface area contributed by atoms with E-state index in [4.69, 9.17) is 4.74 Å². The topological polar surface area (TPSA) is 54.5 Å². The highest BCUT2D eigenvalue weighted by Crippen LogP contribution is 2.22. The predicted octanol–water partition coefficient (Wildman–Crippen LogP) is 4.46. The van der Waals surface area contributed by atoms with Gasteiger partial charge in [0.2, 0.25) is 0 Å². The molecule has 0 aliphatic carbocycles. The lowest BCUT2D eigenvalue weighted by molar-refractivity contribution is 0.0907. The molecule has 0 bridgehead atoms. The van der Waals surface area contributed by atoms with Crippen LogP contribution in [0.15, 0.2) is 66.7 Å². The number of pyridine rings is 1. The molecule has 1 aliphatic heterocycles. The van der Waals surface area contributed by atoms with Crippen molar-refractivity contribution in [3.8, 4) is 17.0 Å². The number of likely N-dealkylation sites (tertiary alicyclic amines) is 1. The number of aryl methyl sites for hydroxylation is 1. The van der Waals surface area contributed by atoms with Crippen LogP contribution < -0.4 is 10.1 Å². The molecule has 1 saturated heterocycles. The van der Waals surface area contributed by atoms with E-state index in [9.17, 15) is 4.79 Å². The quantitative estimate of drug-likeness (QED) is 0.646. The zero-order valence-corrected chi connectivity index (χ0v) is 18.2. The number of carbonyl (C=O) groups is 1. The number of ether oxygens (including phenoxy) is 1. The van der Waals surface area contributed by atoms with Crippen molar-refractivity contribution in [2.75, 3.05) is 20.2 Å². The number of hydrogen-bond acceptors (Lipinski definition) is 4. The summed E-state index contributed by atoms with van der Waals surface area (Å²) in [4.78, 5) is 19.9. The van der Waals surface area contributed by atoms with Gasteiger partial charge in [-0.25, -0.2) is 0 Å². The first kappa shape index (κ1) is 21.1. The molecule has 4 rings (SSSR count). The third kappa shape index (κ3) is 5.12. The molecule has 1 aliphatic rings. The summed E-state index contributed by atoms with van der Waals surface area (Å²) in [5, 5.41) is 3.21. The maximum Gasteiger partial charge on any atom is 0.253 e. The summed E-state index contributed by atoms with van der Waals surface area (Å²) in [6.45, 7) is 4.67.